The lowest BCUT2D eigenvalue weighted by Crippen LogP contribution is -2.18. The van der Waals surface area contributed by atoms with Crippen molar-refractivity contribution in [1.82, 2.24) is 9.97 Å². The first-order chi connectivity index (χ1) is 16.5. The number of imidazole rings is 1. The van der Waals surface area contributed by atoms with Crippen molar-refractivity contribution in [3.63, 3.8) is 0 Å². The molecule has 0 aliphatic heterocycles. The maximum atomic E-state index is 13.7. The smallest absolute Gasteiger partial charge is 0.337 e. The molecule has 4 aromatic rings. The number of rotatable bonds is 5. The van der Waals surface area contributed by atoms with Crippen molar-refractivity contribution in [2.24, 2.45) is 0 Å². The molecule has 0 radical (unpaired) electrons. The van der Waals surface area contributed by atoms with E-state index in [-0.39, 0.29) is 27.8 Å². The molecule has 0 fully saturated rings. The molecule has 0 unspecified atom stereocenters. The van der Waals surface area contributed by atoms with Crippen molar-refractivity contribution in [2.45, 2.75) is 12.6 Å². The standard InChI is InChI=1S/C23H14F6N4O2/c24-13-4-1-11(2-5-13)21(34)30-14-6-8-16(15(10-14)23(27,28)29)33-22(35)12-3-7-17-18(9-12)32-20(31-17)19(25)26/h1-10,19H,(H,30,34)(H,31,32)(H,33,35). The summed E-state index contributed by atoms with van der Waals surface area (Å²) < 4.78 is 79.7. The van der Waals surface area contributed by atoms with Crippen LogP contribution in [0.1, 0.15) is 38.5 Å². The lowest BCUT2D eigenvalue weighted by Gasteiger charge is -2.16. The number of nitrogens with zero attached hydrogens (tertiary/aromatic N) is 1. The number of aromatic nitrogens is 2. The van der Waals surface area contributed by atoms with Gasteiger partial charge in [-0.2, -0.15) is 13.2 Å². The zero-order valence-electron chi connectivity index (χ0n) is 17.4. The van der Waals surface area contributed by atoms with Crippen molar-refractivity contribution in [2.75, 3.05) is 10.6 Å². The molecule has 0 aliphatic rings. The Bertz CT molecular complexity index is 1410. The topological polar surface area (TPSA) is 86.9 Å². The molecule has 6 nitrogen and oxygen atoms in total. The van der Waals surface area contributed by atoms with Crippen LogP contribution in [0, 0.1) is 5.82 Å². The van der Waals surface area contributed by atoms with Crippen LogP contribution in [0.2, 0.25) is 0 Å². The molecular formula is C23H14F6N4O2. The number of H-pyrrole nitrogens is 1. The molecule has 0 spiro atoms. The maximum Gasteiger partial charge on any atom is 0.418 e. The number of fused-ring (bicyclic) bond motifs is 1. The van der Waals surface area contributed by atoms with Crippen LogP contribution < -0.4 is 10.6 Å². The van der Waals surface area contributed by atoms with E-state index in [1.165, 1.54) is 30.3 Å². The van der Waals surface area contributed by atoms with E-state index in [0.717, 1.165) is 24.3 Å². The average Bonchev–Trinajstić information content (AvgIpc) is 3.23. The summed E-state index contributed by atoms with van der Waals surface area (Å²) in [5.74, 6) is -2.86. The molecule has 0 bridgehead atoms. The fourth-order valence-corrected chi connectivity index (χ4v) is 3.24. The van der Waals surface area contributed by atoms with E-state index in [0.29, 0.717) is 6.07 Å². The van der Waals surface area contributed by atoms with Gasteiger partial charge in [-0.15, -0.1) is 0 Å². The van der Waals surface area contributed by atoms with Gasteiger partial charge in [0.1, 0.15) is 5.82 Å². The van der Waals surface area contributed by atoms with Crippen molar-refractivity contribution < 1.29 is 35.9 Å². The minimum atomic E-state index is -4.89. The number of carbonyl (C=O) groups excluding carboxylic acids is 2. The van der Waals surface area contributed by atoms with Crippen LogP contribution >= 0.6 is 0 Å². The zero-order valence-corrected chi connectivity index (χ0v) is 17.4. The van der Waals surface area contributed by atoms with Crippen LogP contribution in [0.3, 0.4) is 0 Å². The van der Waals surface area contributed by atoms with E-state index < -0.39 is 47.3 Å². The Balaban J connectivity index is 1.58. The van der Waals surface area contributed by atoms with Gasteiger partial charge in [0.25, 0.3) is 18.2 Å². The van der Waals surface area contributed by atoms with Crippen LogP contribution in [0.4, 0.5) is 37.7 Å². The molecule has 3 aromatic carbocycles. The Morgan fingerprint density at radius 1 is 0.857 bits per heavy atom. The second-order valence-corrected chi connectivity index (χ2v) is 7.33. The highest BCUT2D eigenvalue weighted by atomic mass is 19.4. The number of aromatic amines is 1. The Labute approximate surface area is 193 Å². The molecule has 0 saturated heterocycles. The van der Waals surface area contributed by atoms with Gasteiger partial charge in [-0.1, -0.05) is 0 Å². The molecule has 1 heterocycles. The van der Waals surface area contributed by atoms with E-state index in [9.17, 15) is 35.9 Å². The SMILES string of the molecule is O=C(Nc1ccc(NC(=O)c2ccc3nc(C(F)F)[nH]c3c2)c(C(F)(F)F)c1)c1ccc(F)cc1. The lowest BCUT2D eigenvalue weighted by atomic mass is 10.1. The van der Waals surface area contributed by atoms with E-state index in [1.54, 1.807) is 0 Å². The zero-order chi connectivity index (χ0) is 25.3. The van der Waals surface area contributed by atoms with Gasteiger partial charge < -0.3 is 15.6 Å². The predicted octanol–water partition coefficient (Wildman–Crippen LogP) is 6.16. The van der Waals surface area contributed by atoms with Gasteiger partial charge in [-0.05, 0) is 60.7 Å². The summed E-state index contributed by atoms with van der Waals surface area (Å²) in [7, 11) is 0. The predicted molar refractivity (Wildman–Crippen MR) is 115 cm³/mol. The van der Waals surface area contributed by atoms with Gasteiger partial charge >= 0.3 is 6.18 Å². The Hall–Kier alpha value is -4.35. The summed E-state index contributed by atoms with van der Waals surface area (Å²) >= 11 is 0. The Kier molecular flexibility index (Phi) is 6.20. The molecule has 4 rings (SSSR count). The van der Waals surface area contributed by atoms with Gasteiger partial charge in [0.05, 0.1) is 22.3 Å². The lowest BCUT2D eigenvalue weighted by molar-refractivity contribution is -0.136. The van der Waals surface area contributed by atoms with E-state index in [4.69, 9.17) is 0 Å². The first kappa shape index (κ1) is 23.8. The highest BCUT2D eigenvalue weighted by Gasteiger charge is 2.34. The molecule has 3 N–H and O–H groups in total. The van der Waals surface area contributed by atoms with Gasteiger partial charge in [-0.3, -0.25) is 9.59 Å². The second-order valence-electron chi connectivity index (χ2n) is 7.33. The number of alkyl halides is 5. The largest absolute Gasteiger partial charge is 0.418 e. The van der Waals surface area contributed by atoms with Crippen molar-refractivity contribution in [1.29, 1.82) is 0 Å². The quantitative estimate of drug-likeness (QED) is 0.292. The van der Waals surface area contributed by atoms with E-state index in [1.807, 2.05) is 0 Å². The fourth-order valence-electron chi connectivity index (χ4n) is 3.24. The first-order valence-electron chi connectivity index (χ1n) is 9.88. The number of hydrogen-bond donors (Lipinski definition) is 3. The van der Waals surface area contributed by atoms with Crippen LogP contribution in [0.5, 0.6) is 0 Å². The summed E-state index contributed by atoms with van der Waals surface area (Å²) in [6.45, 7) is 0. The first-order valence-corrected chi connectivity index (χ1v) is 9.88. The van der Waals surface area contributed by atoms with E-state index >= 15 is 0 Å². The van der Waals surface area contributed by atoms with E-state index in [2.05, 4.69) is 20.6 Å². The normalized spacial score (nSPS) is 11.6. The van der Waals surface area contributed by atoms with Crippen molar-refractivity contribution >= 4 is 34.2 Å². The van der Waals surface area contributed by atoms with Crippen LogP contribution in [-0.2, 0) is 6.18 Å². The van der Waals surface area contributed by atoms with Gasteiger partial charge in [0, 0.05) is 16.8 Å². The third kappa shape index (κ3) is 5.26. The van der Waals surface area contributed by atoms with Crippen molar-refractivity contribution in [3.05, 3.63) is 89.0 Å². The summed E-state index contributed by atoms with van der Waals surface area (Å²) in [5.41, 5.74) is -1.81. The molecular weight excluding hydrogens is 478 g/mol. The third-order valence-corrected chi connectivity index (χ3v) is 4.91. The number of halogens is 6. The minimum Gasteiger partial charge on any atom is -0.337 e. The molecule has 180 valence electrons. The number of nitrogens with one attached hydrogen (secondary N) is 3. The molecule has 0 atom stereocenters. The summed E-state index contributed by atoms with van der Waals surface area (Å²) in [6, 6.07) is 10.9. The summed E-state index contributed by atoms with van der Waals surface area (Å²) in [6.07, 6.45) is -7.75. The molecule has 0 aliphatic carbocycles. The highest BCUT2D eigenvalue weighted by molar-refractivity contribution is 6.07. The highest BCUT2D eigenvalue weighted by Crippen LogP contribution is 2.37. The number of carbonyl (C=O) groups is 2. The fraction of sp³-hybridized carbons (Fsp3) is 0.0870. The van der Waals surface area contributed by atoms with Gasteiger partial charge in [0.15, 0.2) is 5.82 Å². The van der Waals surface area contributed by atoms with Crippen LogP contribution in [-0.4, -0.2) is 21.8 Å². The minimum absolute atomic E-state index is 0.0292. The van der Waals surface area contributed by atoms with Gasteiger partial charge in [0.2, 0.25) is 0 Å². The molecule has 35 heavy (non-hydrogen) atoms. The van der Waals surface area contributed by atoms with Crippen LogP contribution in [0.25, 0.3) is 11.0 Å². The third-order valence-electron chi connectivity index (χ3n) is 4.91. The Morgan fingerprint density at radius 3 is 2.17 bits per heavy atom. The number of hydrogen-bond acceptors (Lipinski definition) is 3. The van der Waals surface area contributed by atoms with Gasteiger partial charge in [-0.25, -0.2) is 18.2 Å². The van der Waals surface area contributed by atoms with Crippen molar-refractivity contribution in [3.8, 4) is 0 Å². The molecule has 12 heteroatoms. The molecule has 1 aromatic heterocycles. The number of benzene rings is 3. The summed E-state index contributed by atoms with van der Waals surface area (Å²) in [5, 5.41) is 4.44. The maximum absolute atomic E-state index is 13.7. The number of amides is 2. The number of anilines is 2. The monoisotopic (exact) mass is 492 g/mol. The Morgan fingerprint density at radius 2 is 1.51 bits per heavy atom. The molecule has 0 saturated carbocycles. The van der Waals surface area contributed by atoms with Crippen LogP contribution in [0.15, 0.2) is 60.7 Å². The molecule has 2 amide bonds. The summed E-state index contributed by atoms with van der Waals surface area (Å²) in [4.78, 5) is 30.9. The average molecular weight is 492 g/mol. The second kappa shape index (κ2) is 9.12.